The first-order valence-corrected chi connectivity index (χ1v) is 9.77. The normalized spacial score (nSPS) is 17.9. The Morgan fingerprint density at radius 3 is 1.89 bits per heavy atom. The van der Waals surface area contributed by atoms with Gasteiger partial charge < -0.3 is 19.3 Å². The molecule has 2 aliphatic heterocycles. The van der Waals surface area contributed by atoms with E-state index in [0.717, 1.165) is 59.8 Å². The summed E-state index contributed by atoms with van der Waals surface area (Å²) >= 11 is 0. The van der Waals surface area contributed by atoms with Gasteiger partial charge in [0.25, 0.3) is 0 Å². The van der Waals surface area contributed by atoms with E-state index in [4.69, 9.17) is 14.5 Å². The number of benzene rings is 1. The Morgan fingerprint density at radius 1 is 0.714 bits per heavy atom. The van der Waals surface area contributed by atoms with Gasteiger partial charge in [-0.05, 0) is 6.07 Å². The number of rotatable bonds is 3. The van der Waals surface area contributed by atoms with Crippen LogP contribution in [-0.2, 0) is 9.47 Å². The smallest absolute Gasteiger partial charge is 0.161 e. The molecule has 7 nitrogen and oxygen atoms in total. The number of pyridine rings is 1. The van der Waals surface area contributed by atoms with Gasteiger partial charge in [-0.1, -0.05) is 30.3 Å². The summed E-state index contributed by atoms with van der Waals surface area (Å²) in [4.78, 5) is 9.25. The average molecular weight is 377 g/mol. The van der Waals surface area contributed by atoms with Gasteiger partial charge in [0, 0.05) is 48.7 Å². The minimum atomic E-state index is 0.712. The molecule has 0 atom stereocenters. The molecule has 0 bridgehead atoms. The first-order valence-electron chi connectivity index (χ1n) is 9.77. The number of nitrogens with zero attached hydrogens (tertiary/aromatic N) is 5. The number of hydrogen-bond acceptors (Lipinski definition) is 7. The van der Waals surface area contributed by atoms with E-state index in [0.29, 0.717) is 26.4 Å². The molecule has 0 radical (unpaired) electrons. The number of anilines is 2. The van der Waals surface area contributed by atoms with E-state index >= 15 is 0 Å². The predicted molar refractivity (Wildman–Crippen MR) is 109 cm³/mol. The van der Waals surface area contributed by atoms with Crippen molar-refractivity contribution in [3.63, 3.8) is 0 Å². The zero-order valence-electron chi connectivity index (χ0n) is 15.8. The number of morpholine rings is 2. The molecular formula is C21H23N5O2. The van der Waals surface area contributed by atoms with Crippen LogP contribution in [0.15, 0.2) is 42.6 Å². The monoisotopic (exact) mass is 377 g/mol. The van der Waals surface area contributed by atoms with Crippen LogP contribution in [0.5, 0.6) is 0 Å². The van der Waals surface area contributed by atoms with Gasteiger partial charge in [-0.2, -0.15) is 0 Å². The molecule has 0 saturated carbocycles. The first-order chi connectivity index (χ1) is 13.9. The van der Waals surface area contributed by atoms with Gasteiger partial charge in [-0.3, -0.25) is 4.98 Å². The van der Waals surface area contributed by atoms with Crippen LogP contribution in [0, 0.1) is 0 Å². The molecule has 5 rings (SSSR count). The van der Waals surface area contributed by atoms with Crippen LogP contribution in [0.3, 0.4) is 0 Å². The highest BCUT2D eigenvalue weighted by Crippen LogP contribution is 2.33. The summed E-state index contributed by atoms with van der Waals surface area (Å²) in [6.07, 6.45) is 1.95. The second-order valence-corrected chi connectivity index (χ2v) is 7.03. The Balaban J connectivity index is 1.65. The van der Waals surface area contributed by atoms with Crippen LogP contribution < -0.4 is 9.80 Å². The van der Waals surface area contributed by atoms with E-state index in [1.165, 1.54) is 0 Å². The van der Waals surface area contributed by atoms with E-state index in [1.54, 1.807) is 0 Å². The summed E-state index contributed by atoms with van der Waals surface area (Å²) in [5.41, 5.74) is 2.05. The molecule has 0 amide bonds. The third kappa shape index (κ3) is 3.27. The topological polar surface area (TPSA) is 63.6 Å². The quantitative estimate of drug-likeness (QED) is 0.694. The lowest BCUT2D eigenvalue weighted by Gasteiger charge is -2.31. The van der Waals surface area contributed by atoms with Gasteiger partial charge in [0.15, 0.2) is 11.6 Å². The Hall–Kier alpha value is -2.77. The fourth-order valence-corrected chi connectivity index (χ4v) is 3.81. The summed E-state index contributed by atoms with van der Waals surface area (Å²) in [6, 6.07) is 12.4. The molecule has 0 unspecified atom stereocenters. The Labute approximate surface area is 163 Å². The largest absolute Gasteiger partial charge is 0.378 e. The highest BCUT2D eigenvalue weighted by Gasteiger charge is 2.22. The standard InChI is InChI=1S/C21H23N5O2/c1-2-4-16(5-3-1)19-14-17-18(15-22-19)21(26-8-12-28-13-9-26)24-23-20(17)25-6-10-27-11-7-25/h1-5,14-15H,6-13H2. The molecule has 1 aromatic carbocycles. The van der Waals surface area contributed by atoms with Crippen LogP contribution in [0.2, 0.25) is 0 Å². The van der Waals surface area contributed by atoms with Crippen molar-refractivity contribution < 1.29 is 9.47 Å². The van der Waals surface area contributed by atoms with Gasteiger partial charge in [-0.15, -0.1) is 10.2 Å². The lowest BCUT2D eigenvalue weighted by Crippen LogP contribution is -2.38. The minimum absolute atomic E-state index is 0.712. The van der Waals surface area contributed by atoms with E-state index in [9.17, 15) is 0 Å². The van der Waals surface area contributed by atoms with Crippen LogP contribution in [-0.4, -0.2) is 67.8 Å². The second-order valence-electron chi connectivity index (χ2n) is 7.03. The van der Waals surface area contributed by atoms with E-state index in [-0.39, 0.29) is 0 Å². The lowest BCUT2D eigenvalue weighted by molar-refractivity contribution is 0.122. The number of ether oxygens (including phenoxy) is 2. The van der Waals surface area contributed by atoms with Crippen LogP contribution in [0.1, 0.15) is 0 Å². The van der Waals surface area contributed by atoms with Crippen molar-refractivity contribution in [2.45, 2.75) is 0 Å². The second kappa shape index (κ2) is 7.69. The fourth-order valence-electron chi connectivity index (χ4n) is 3.81. The molecule has 2 aliphatic rings. The molecule has 144 valence electrons. The molecule has 7 heteroatoms. The Bertz CT molecular complexity index is 954. The van der Waals surface area contributed by atoms with Crippen molar-refractivity contribution in [1.29, 1.82) is 0 Å². The lowest BCUT2D eigenvalue weighted by atomic mass is 10.1. The van der Waals surface area contributed by atoms with Crippen LogP contribution in [0.4, 0.5) is 11.6 Å². The van der Waals surface area contributed by atoms with Gasteiger partial charge in [0.1, 0.15) is 0 Å². The van der Waals surface area contributed by atoms with Gasteiger partial charge >= 0.3 is 0 Å². The number of hydrogen-bond donors (Lipinski definition) is 0. The molecule has 3 aromatic rings. The average Bonchev–Trinajstić information content (AvgIpc) is 2.80. The third-order valence-corrected chi connectivity index (χ3v) is 5.32. The highest BCUT2D eigenvalue weighted by molar-refractivity contribution is 6.00. The van der Waals surface area contributed by atoms with Crippen molar-refractivity contribution in [2.75, 3.05) is 62.4 Å². The fraction of sp³-hybridized carbons (Fsp3) is 0.381. The van der Waals surface area contributed by atoms with E-state index < -0.39 is 0 Å². The van der Waals surface area contributed by atoms with Crippen molar-refractivity contribution in [2.24, 2.45) is 0 Å². The predicted octanol–water partition coefficient (Wildman–Crippen LogP) is 2.37. The van der Waals surface area contributed by atoms with Gasteiger partial charge in [0.2, 0.25) is 0 Å². The summed E-state index contributed by atoms with van der Waals surface area (Å²) < 4.78 is 11.0. The third-order valence-electron chi connectivity index (χ3n) is 5.32. The zero-order chi connectivity index (χ0) is 18.8. The summed E-state index contributed by atoms with van der Waals surface area (Å²) in [5, 5.41) is 11.4. The molecule has 2 fully saturated rings. The number of fused-ring (bicyclic) bond motifs is 1. The first kappa shape index (κ1) is 17.3. The van der Waals surface area contributed by atoms with Crippen molar-refractivity contribution in [3.05, 3.63) is 42.6 Å². The van der Waals surface area contributed by atoms with E-state index in [1.807, 2.05) is 24.4 Å². The summed E-state index contributed by atoms with van der Waals surface area (Å²) in [5.74, 6) is 1.80. The minimum Gasteiger partial charge on any atom is -0.378 e. The maximum Gasteiger partial charge on any atom is 0.161 e. The van der Waals surface area contributed by atoms with Crippen molar-refractivity contribution >= 4 is 22.4 Å². The SMILES string of the molecule is c1ccc(-c2cc3c(N4CCOCC4)nnc(N4CCOCC4)c3cn2)cc1. The van der Waals surface area contributed by atoms with Crippen molar-refractivity contribution in [3.8, 4) is 11.3 Å². The molecule has 28 heavy (non-hydrogen) atoms. The van der Waals surface area contributed by atoms with Gasteiger partial charge in [-0.25, -0.2) is 0 Å². The maximum absolute atomic E-state index is 5.52. The van der Waals surface area contributed by atoms with Crippen LogP contribution >= 0.6 is 0 Å². The molecule has 2 aromatic heterocycles. The summed E-state index contributed by atoms with van der Waals surface area (Å²) in [6.45, 7) is 6.14. The molecule has 0 N–H and O–H groups in total. The van der Waals surface area contributed by atoms with Gasteiger partial charge in [0.05, 0.1) is 32.1 Å². The molecular weight excluding hydrogens is 354 g/mol. The molecule has 0 aliphatic carbocycles. The van der Waals surface area contributed by atoms with Crippen molar-refractivity contribution in [1.82, 2.24) is 15.2 Å². The van der Waals surface area contributed by atoms with Crippen LogP contribution in [0.25, 0.3) is 22.0 Å². The Morgan fingerprint density at radius 2 is 1.29 bits per heavy atom. The molecule has 2 saturated heterocycles. The zero-order valence-corrected chi connectivity index (χ0v) is 15.8. The van der Waals surface area contributed by atoms with E-state index in [2.05, 4.69) is 38.2 Å². The molecule has 4 heterocycles. The number of aromatic nitrogens is 3. The maximum atomic E-state index is 5.52. The highest BCUT2D eigenvalue weighted by atomic mass is 16.5. The Kier molecular flexibility index (Phi) is 4.76. The summed E-state index contributed by atoms with van der Waals surface area (Å²) in [7, 11) is 0. The molecule has 0 spiro atoms.